The molecule has 0 aliphatic carbocycles. The number of allylic oxidation sites excluding steroid dienone is 25. The van der Waals surface area contributed by atoms with Crippen molar-refractivity contribution in [3.8, 4) is 0 Å². The number of nitrogens with one attached hydrogen (secondary N) is 1. The Kier molecular flexibility index (Phi) is 56.2. The van der Waals surface area contributed by atoms with Gasteiger partial charge in [0.15, 0.2) is 18.9 Å². The van der Waals surface area contributed by atoms with Gasteiger partial charge < -0.3 is 89.9 Å². The number of carbonyl (C=O) groups excluding carboxylic acids is 1. The summed E-state index contributed by atoms with van der Waals surface area (Å²) in [6, 6.07) is -0.999. The fraction of sp³-hybridized carbons (Fsp3) is 0.679. The lowest BCUT2D eigenvalue weighted by Gasteiger charge is -2.48. The van der Waals surface area contributed by atoms with E-state index in [0.29, 0.717) is 6.42 Å². The van der Waals surface area contributed by atoms with E-state index >= 15 is 0 Å². The molecule has 1 amide bonds. The second kappa shape index (κ2) is 62.4. The molecule has 19 heteroatoms. The molecule has 0 aromatic heterocycles. The molecule has 0 radical (unpaired) electrons. The van der Waals surface area contributed by atoms with Crippen LogP contribution in [0.15, 0.2) is 158 Å². The van der Waals surface area contributed by atoms with Gasteiger partial charge in [0, 0.05) is 6.42 Å². The molecule has 0 bridgehead atoms. The van der Waals surface area contributed by atoms with E-state index in [9.17, 15) is 61.0 Å². The van der Waals surface area contributed by atoms with E-state index in [1.54, 1.807) is 6.08 Å². The Labute approximate surface area is 618 Å². The first-order valence-electron chi connectivity index (χ1n) is 39.2. The summed E-state index contributed by atoms with van der Waals surface area (Å²) < 4.78 is 34.4. The van der Waals surface area contributed by atoms with Crippen LogP contribution in [-0.4, -0.2) is 193 Å². The van der Waals surface area contributed by atoms with E-state index in [4.69, 9.17) is 28.4 Å². The molecule has 12 N–H and O–H groups in total. The Balaban J connectivity index is 1.36. The third-order valence-corrected chi connectivity index (χ3v) is 18.3. The first kappa shape index (κ1) is 92.6. The summed E-state index contributed by atoms with van der Waals surface area (Å²) in [6.45, 7) is 1.59. The molecule has 3 fully saturated rings. The van der Waals surface area contributed by atoms with Gasteiger partial charge >= 0.3 is 0 Å². The number of aliphatic hydroxyl groups excluding tert-OH is 11. The van der Waals surface area contributed by atoms with Crippen molar-refractivity contribution in [3.63, 3.8) is 0 Å². The zero-order valence-electron chi connectivity index (χ0n) is 62.5. The van der Waals surface area contributed by atoms with Crippen LogP contribution in [0.25, 0.3) is 0 Å². The minimum atomic E-state index is -1.99. The summed E-state index contributed by atoms with van der Waals surface area (Å²) in [4.78, 5) is 13.4. The average molecular weight is 1450 g/mol. The average Bonchev–Trinajstić information content (AvgIpc) is 0.782. The van der Waals surface area contributed by atoms with Crippen LogP contribution in [0.5, 0.6) is 0 Å². The number of rotatable bonds is 59. The maximum Gasteiger partial charge on any atom is 0.220 e. The van der Waals surface area contributed by atoms with Crippen molar-refractivity contribution in [2.75, 3.05) is 26.4 Å². The standard InChI is InChI=1S/C84H137NO18/c1-3-5-7-9-11-13-15-17-19-21-22-23-24-25-26-27-28-29-30-31-32-33-34-35-36-37-38-39-40-41-42-43-44-46-48-50-52-54-56-58-60-62-72(90)85-67(68(89)61-59-57-55-53-51-49-47-45-20-18-16-14-12-10-8-6-4-2)66-98-82-78(96)75(93)80(70(64-87)100-82)103-84-79(97)76(94)81(71(65-88)101-84)102-83-77(95)74(92)73(91)69(63-86)99-83/h5,7,11,13,17,19,22-23,25-26,28-29,31-32,34-35,37-38,40-41,43-44,48,50,59,61,67-71,73-84,86-89,91-97H,3-4,6,8-10,12,14-16,18,20-21,24,27,30,33,36,39,42,45-47,49,51-58,60,62-66H2,1-2H3,(H,85,90)/b7-5-,13-11-,19-17-,23-22-,26-25-,29-28-,32-31-,35-34-,38-37-,41-40-,44-43-,50-48-,61-59+. The van der Waals surface area contributed by atoms with Crippen LogP contribution in [0.3, 0.4) is 0 Å². The molecule has 0 saturated carbocycles. The maximum atomic E-state index is 13.4. The quantitative estimate of drug-likeness (QED) is 0.0199. The van der Waals surface area contributed by atoms with E-state index in [1.807, 2.05) is 6.08 Å². The Morgan fingerprint density at radius 2 is 0.670 bits per heavy atom. The van der Waals surface area contributed by atoms with E-state index in [1.165, 1.54) is 77.0 Å². The van der Waals surface area contributed by atoms with Crippen LogP contribution < -0.4 is 5.32 Å². The number of unbranched alkanes of at least 4 members (excludes halogenated alkanes) is 19. The van der Waals surface area contributed by atoms with Crippen LogP contribution in [0.1, 0.15) is 232 Å². The lowest BCUT2D eigenvalue weighted by molar-refractivity contribution is -0.379. The predicted octanol–water partition coefficient (Wildman–Crippen LogP) is 12.8. The van der Waals surface area contributed by atoms with Gasteiger partial charge in [-0.1, -0.05) is 275 Å². The van der Waals surface area contributed by atoms with Gasteiger partial charge in [-0.25, -0.2) is 0 Å². The molecule has 17 unspecified atom stereocenters. The zero-order chi connectivity index (χ0) is 74.6. The van der Waals surface area contributed by atoms with E-state index in [2.05, 4.69) is 165 Å². The smallest absolute Gasteiger partial charge is 0.220 e. The number of ether oxygens (including phenoxy) is 6. The van der Waals surface area contributed by atoms with E-state index in [0.717, 1.165) is 128 Å². The summed E-state index contributed by atoms with van der Waals surface area (Å²) in [6.07, 6.45) is 65.0. The number of hydrogen-bond acceptors (Lipinski definition) is 18. The molecule has 103 heavy (non-hydrogen) atoms. The largest absolute Gasteiger partial charge is 0.394 e. The molecular formula is C84H137NO18. The zero-order valence-corrected chi connectivity index (χ0v) is 62.5. The Bertz CT molecular complexity index is 2480. The van der Waals surface area contributed by atoms with Gasteiger partial charge in [-0.15, -0.1) is 0 Å². The minimum Gasteiger partial charge on any atom is -0.394 e. The van der Waals surface area contributed by atoms with Gasteiger partial charge in [-0.2, -0.15) is 0 Å². The molecule has 0 aromatic carbocycles. The summed E-state index contributed by atoms with van der Waals surface area (Å²) in [5.41, 5.74) is 0. The van der Waals surface area contributed by atoms with Crippen LogP contribution in [0, 0.1) is 0 Å². The van der Waals surface area contributed by atoms with E-state index < -0.39 is 124 Å². The molecule has 3 heterocycles. The highest BCUT2D eigenvalue weighted by Gasteiger charge is 2.53. The lowest BCUT2D eigenvalue weighted by atomic mass is 9.96. The number of hydrogen-bond donors (Lipinski definition) is 12. The summed E-state index contributed by atoms with van der Waals surface area (Å²) in [5.74, 6) is -0.306. The Morgan fingerprint density at radius 3 is 1.05 bits per heavy atom. The summed E-state index contributed by atoms with van der Waals surface area (Å²) >= 11 is 0. The van der Waals surface area contributed by atoms with E-state index in [-0.39, 0.29) is 18.9 Å². The maximum absolute atomic E-state index is 13.4. The SMILES string of the molecule is CC/C=C\C/C=C\C/C=C\C/C=C\C/C=C\C/C=C\C/C=C\C/C=C\C/C=C\C/C=C\C/C=C\C/C=C\CCCCCCC(=O)NC(COC1OC(CO)C(OC2OC(CO)C(OC3OC(CO)C(O)C(O)C3O)C(O)C2O)C(O)C1O)C(O)/C=C/CCCCCCCCCCCCCCCCC. The van der Waals surface area contributed by atoms with Crippen LogP contribution in [0.2, 0.25) is 0 Å². The molecule has 586 valence electrons. The molecule has 0 aromatic rings. The van der Waals surface area contributed by atoms with Crippen molar-refractivity contribution in [3.05, 3.63) is 158 Å². The van der Waals surface area contributed by atoms with Crippen molar-refractivity contribution in [2.45, 2.75) is 336 Å². The number of amides is 1. The lowest BCUT2D eigenvalue weighted by Crippen LogP contribution is -2.66. The fourth-order valence-corrected chi connectivity index (χ4v) is 12.1. The molecule has 3 saturated heterocycles. The normalized spacial score (nSPS) is 26.9. The van der Waals surface area contributed by atoms with Crippen LogP contribution in [-0.2, 0) is 33.2 Å². The predicted molar refractivity (Wildman–Crippen MR) is 410 cm³/mol. The summed E-state index contributed by atoms with van der Waals surface area (Å²) in [5, 5.41) is 121. The molecule has 3 aliphatic heterocycles. The molecule has 3 rings (SSSR count). The van der Waals surface area contributed by atoms with Gasteiger partial charge in [0.05, 0.1) is 38.6 Å². The van der Waals surface area contributed by atoms with Crippen molar-refractivity contribution < 1.29 is 89.4 Å². The van der Waals surface area contributed by atoms with Crippen molar-refractivity contribution in [1.29, 1.82) is 0 Å². The highest BCUT2D eigenvalue weighted by atomic mass is 16.8. The van der Waals surface area contributed by atoms with Crippen molar-refractivity contribution >= 4 is 5.91 Å². The highest BCUT2D eigenvalue weighted by molar-refractivity contribution is 5.76. The Hall–Kier alpha value is -4.59. The van der Waals surface area contributed by atoms with Gasteiger partial charge in [0.1, 0.15) is 73.2 Å². The fourth-order valence-electron chi connectivity index (χ4n) is 12.1. The van der Waals surface area contributed by atoms with Crippen molar-refractivity contribution in [2.24, 2.45) is 0 Å². The summed E-state index contributed by atoms with van der Waals surface area (Å²) in [7, 11) is 0. The van der Waals surface area contributed by atoms with Gasteiger partial charge in [0.2, 0.25) is 5.91 Å². The van der Waals surface area contributed by atoms with Crippen molar-refractivity contribution in [1.82, 2.24) is 5.32 Å². The third kappa shape index (κ3) is 42.5. The topological polar surface area (TPSA) is 307 Å². The van der Waals surface area contributed by atoms with Gasteiger partial charge in [-0.05, 0) is 109 Å². The molecule has 17 atom stereocenters. The Morgan fingerprint density at radius 1 is 0.359 bits per heavy atom. The first-order valence-corrected chi connectivity index (χ1v) is 39.2. The number of carbonyl (C=O) groups is 1. The third-order valence-electron chi connectivity index (χ3n) is 18.3. The molecule has 19 nitrogen and oxygen atoms in total. The van der Waals surface area contributed by atoms with Crippen LogP contribution in [0.4, 0.5) is 0 Å². The monoisotopic (exact) mass is 1450 g/mol. The second-order valence-electron chi connectivity index (χ2n) is 27.1. The van der Waals surface area contributed by atoms with Gasteiger partial charge in [-0.3, -0.25) is 4.79 Å². The highest BCUT2D eigenvalue weighted by Crippen LogP contribution is 2.33. The molecule has 3 aliphatic rings. The second-order valence-corrected chi connectivity index (χ2v) is 27.1. The number of aliphatic hydroxyl groups is 11. The van der Waals surface area contributed by atoms with Crippen LogP contribution >= 0.6 is 0 Å². The molecule has 0 spiro atoms. The minimum absolute atomic E-state index is 0.203. The first-order chi connectivity index (χ1) is 50.3. The molecular weight excluding hydrogens is 1310 g/mol. The van der Waals surface area contributed by atoms with Gasteiger partial charge in [0.25, 0.3) is 0 Å².